The van der Waals surface area contributed by atoms with E-state index in [1.54, 1.807) is 0 Å². The summed E-state index contributed by atoms with van der Waals surface area (Å²) in [6.45, 7) is 0. The monoisotopic (exact) mass is 195 g/mol. The Morgan fingerprint density at radius 2 is 1.86 bits per heavy atom. The SMILES string of the molecule is N[C@@H](CC1CC2C3CC1C[C@@H]32)C(=O)O. The fourth-order valence-corrected chi connectivity index (χ4v) is 4.01. The second kappa shape index (κ2) is 2.72. The van der Waals surface area contributed by atoms with Crippen molar-refractivity contribution < 1.29 is 9.90 Å². The van der Waals surface area contributed by atoms with E-state index in [2.05, 4.69) is 0 Å². The second-order valence-electron chi connectivity index (χ2n) is 5.40. The predicted octanol–water partition coefficient (Wildman–Crippen LogP) is 1.08. The lowest BCUT2D eigenvalue weighted by atomic mass is 9.73. The van der Waals surface area contributed by atoms with E-state index in [-0.39, 0.29) is 0 Å². The van der Waals surface area contributed by atoms with Gasteiger partial charge in [-0.25, -0.2) is 0 Å². The first-order valence-corrected chi connectivity index (χ1v) is 5.65. The molecule has 0 aromatic heterocycles. The van der Waals surface area contributed by atoms with Crippen LogP contribution in [0.25, 0.3) is 0 Å². The number of aliphatic carboxylic acids is 1. The zero-order chi connectivity index (χ0) is 9.87. The van der Waals surface area contributed by atoms with Crippen LogP contribution in [-0.2, 0) is 4.79 Å². The zero-order valence-electron chi connectivity index (χ0n) is 8.23. The lowest BCUT2D eigenvalue weighted by Gasteiger charge is -2.32. The average molecular weight is 195 g/mol. The Kier molecular flexibility index (Phi) is 1.69. The minimum atomic E-state index is -0.834. The van der Waals surface area contributed by atoms with E-state index in [0.29, 0.717) is 12.3 Å². The van der Waals surface area contributed by atoms with Crippen molar-refractivity contribution in [2.45, 2.75) is 31.7 Å². The van der Waals surface area contributed by atoms with E-state index >= 15 is 0 Å². The quantitative estimate of drug-likeness (QED) is 0.708. The van der Waals surface area contributed by atoms with Crippen LogP contribution in [0.3, 0.4) is 0 Å². The van der Waals surface area contributed by atoms with Crippen LogP contribution in [-0.4, -0.2) is 17.1 Å². The summed E-state index contributed by atoms with van der Waals surface area (Å²) in [5.74, 6) is 3.58. The molecule has 0 saturated heterocycles. The fourth-order valence-electron chi connectivity index (χ4n) is 4.01. The van der Waals surface area contributed by atoms with Crippen LogP contribution in [0.15, 0.2) is 0 Å². The summed E-state index contributed by atoms with van der Waals surface area (Å²) in [7, 11) is 0. The fraction of sp³-hybridized carbons (Fsp3) is 0.909. The number of hydrogen-bond acceptors (Lipinski definition) is 2. The molecule has 0 radical (unpaired) electrons. The maximum absolute atomic E-state index is 10.7. The number of rotatable bonds is 3. The number of hydrogen-bond donors (Lipinski definition) is 2. The third kappa shape index (κ3) is 1.11. The van der Waals surface area contributed by atoms with E-state index in [0.717, 1.165) is 23.7 Å². The van der Waals surface area contributed by atoms with Crippen molar-refractivity contribution >= 4 is 5.97 Å². The molecule has 4 aliphatic rings. The second-order valence-corrected chi connectivity index (χ2v) is 5.40. The predicted molar refractivity (Wildman–Crippen MR) is 51.5 cm³/mol. The molecule has 78 valence electrons. The Hall–Kier alpha value is -0.570. The summed E-state index contributed by atoms with van der Waals surface area (Å²) < 4.78 is 0. The van der Waals surface area contributed by atoms with Crippen LogP contribution in [0, 0.1) is 29.6 Å². The molecule has 0 spiro atoms. The molecule has 4 saturated carbocycles. The molecule has 6 atom stereocenters. The van der Waals surface area contributed by atoms with Crippen LogP contribution >= 0.6 is 0 Å². The highest BCUT2D eigenvalue weighted by atomic mass is 16.4. The van der Waals surface area contributed by atoms with Gasteiger partial charge in [-0.1, -0.05) is 0 Å². The van der Waals surface area contributed by atoms with Gasteiger partial charge in [-0.3, -0.25) is 4.79 Å². The van der Waals surface area contributed by atoms with E-state index in [1.807, 2.05) is 0 Å². The Morgan fingerprint density at radius 3 is 2.29 bits per heavy atom. The van der Waals surface area contributed by atoms with Crippen molar-refractivity contribution in [1.82, 2.24) is 0 Å². The summed E-state index contributed by atoms with van der Waals surface area (Å²) >= 11 is 0. The van der Waals surface area contributed by atoms with Gasteiger partial charge in [-0.15, -0.1) is 0 Å². The third-order valence-electron chi connectivity index (χ3n) is 4.77. The molecular formula is C11H17NO2. The van der Waals surface area contributed by atoms with E-state index in [4.69, 9.17) is 10.8 Å². The van der Waals surface area contributed by atoms with Crippen LogP contribution in [0.1, 0.15) is 25.7 Å². The Morgan fingerprint density at radius 1 is 1.29 bits per heavy atom. The molecule has 4 fully saturated rings. The standard InChI is InChI=1S/C11H17NO2/c12-10(11(13)14)4-6-3-9-7-1-5(6)2-8(7)9/h5-10H,1-4,12H2,(H,13,14)/t5?,6?,7-,8?,9?,10-/m0/s1. The molecule has 4 aliphatic carbocycles. The molecule has 0 aromatic carbocycles. The maximum atomic E-state index is 10.7. The first-order chi connectivity index (χ1) is 6.66. The summed E-state index contributed by atoms with van der Waals surface area (Å²) in [5.41, 5.74) is 5.59. The van der Waals surface area contributed by atoms with Gasteiger partial charge >= 0.3 is 5.97 Å². The number of carboxylic acids is 1. The van der Waals surface area contributed by atoms with E-state index in [1.165, 1.54) is 19.3 Å². The van der Waals surface area contributed by atoms with E-state index < -0.39 is 12.0 Å². The lowest BCUT2D eigenvalue weighted by Crippen LogP contribution is -2.36. The molecule has 3 nitrogen and oxygen atoms in total. The van der Waals surface area contributed by atoms with Gasteiger partial charge in [0.25, 0.3) is 0 Å². The number of carboxylic acid groups (broad SMARTS) is 1. The minimum absolute atomic E-state index is 0.612. The molecule has 0 heterocycles. The Balaban J connectivity index is 1.61. The third-order valence-corrected chi connectivity index (χ3v) is 4.77. The van der Waals surface area contributed by atoms with Gasteiger partial charge in [-0.05, 0) is 55.3 Å². The van der Waals surface area contributed by atoms with Crippen molar-refractivity contribution in [2.75, 3.05) is 0 Å². The number of nitrogens with two attached hydrogens (primary N) is 1. The number of carbonyl (C=O) groups is 1. The molecule has 3 heteroatoms. The highest BCUT2D eigenvalue weighted by molar-refractivity contribution is 5.73. The first-order valence-electron chi connectivity index (χ1n) is 5.65. The van der Waals surface area contributed by atoms with Crippen molar-refractivity contribution in [3.05, 3.63) is 0 Å². The average Bonchev–Trinajstić information content (AvgIpc) is 2.67. The summed E-state index contributed by atoms with van der Waals surface area (Å²) in [6, 6.07) is -0.630. The van der Waals surface area contributed by atoms with Crippen molar-refractivity contribution in [3.63, 3.8) is 0 Å². The maximum Gasteiger partial charge on any atom is 0.320 e. The van der Waals surface area contributed by atoms with Gasteiger partial charge in [0, 0.05) is 0 Å². The molecule has 0 aliphatic heterocycles. The largest absolute Gasteiger partial charge is 0.480 e. The van der Waals surface area contributed by atoms with Crippen LogP contribution in [0.2, 0.25) is 0 Å². The van der Waals surface area contributed by atoms with Crippen molar-refractivity contribution in [3.8, 4) is 0 Å². The topological polar surface area (TPSA) is 63.3 Å². The molecule has 4 unspecified atom stereocenters. The summed E-state index contributed by atoms with van der Waals surface area (Å²) in [4.78, 5) is 10.7. The molecule has 4 bridgehead atoms. The van der Waals surface area contributed by atoms with Gasteiger partial charge in [0.15, 0.2) is 0 Å². The van der Waals surface area contributed by atoms with Gasteiger partial charge in [-0.2, -0.15) is 0 Å². The molecule has 14 heavy (non-hydrogen) atoms. The molecule has 0 amide bonds. The molecule has 3 N–H and O–H groups in total. The van der Waals surface area contributed by atoms with Crippen molar-refractivity contribution in [2.24, 2.45) is 35.3 Å². The van der Waals surface area contributed by atoms with Gasteiger partial charge in [0.1, 0.15) is 6.04 Å². The van der Waals surface area contributed by atoms with Crippen LogP contribution < -0.4 is 5.73 Å². The highest BCUT2D eigenvalue weighted by Gasteiger charge is 2.61. The first kappa shape index (κ1) is 8.72. The minimum Gasteiger partial charge on any atom is -0.480 e. The van der Waals surface area contributed by atoms with E-state index in [9.17, 15) is 4.79 Å². The summed E-state index contributed by atoms with van der Waals surface area (Å²) in [6.07, 6.45) is 4.70. The Labute approximate surface area is 83.7 Å². The van der Waals surface area contributed by atoms with Gasteiger partial charge < -0.3 is 10.8 Å². The Bertz CT molecular complexity index is 266. The lowest BCUT2D eigenvalue weighted by molar-refractivity contribution is -0.139. The van der Waals surface area contributed by atoms with Gasteiger partial charge in [0.05, 0.1) is 0 Å². The normalized spacial score (nSPS) is 50.2. The van der Waals surface area contributed by atoms with Crippen molar-refractivity contribution in [1.29, 1.82) is 0 Å². The molecule has 0 aromatic rings. The van der Waals surface area contributed by atoms with Crippen LogP contribution in [0.5, 0.6) is 0 Å². The summed E-state index contributed by atoms with van der Waals surface area (Å²) in [5, 5.41) is 8.76. The molecule has 4 rings (SSSR count). The smallest absolute Gasteiger partial charge is 0.320 e. The van der Waals surface area contributed by atoms with Gasteiger partial charge in [0.2, 0.25) is 0 Å². The number of fused-ring (bicyclic) bond motifs is 1. The zero-order valence-corrected chi connectivity index (χ0v) is 8.23. The molecular weight excluding hydrogens is 178 g/mol. The van der Waals surface area contributed by atoms with Crippen LogP contribution in [0.4, 0.5) is 0 Å². The highest BCUT2D eigenvalue weighted by Crippen LogP contribution is 2.68.